The van der Waals surface area contributed by atoms with Gasteiger partial charge < -0.3 is 0 Å². The highest BCUT2D eigenvalue weighted by molar-refractivity contribution is 9.10. The second-order valence-electron chi connectivity index (χ2n) is 4.29. The lowest BCUT2D eigenvalue weighted by Gasteiger charge is -2.08. The van der Waals surface area contributed by atoms with Crippen molar-refractivity contribution in [3.63, 3.8) is 0 Å². The van der Waals surface area contributed by atoms with Crippen molar-refractivity contribution in [2.75, 3.05) is 10.5 Å². The van der Waals surface area contributed by atoms with Gasteiger partial charge in [0.15, 0.2) is 0 Å². The molecule has 0 unspecified atom stereocenters. The van der Waals surface area contributed by atoms with Crippen LogP contribution in [0.2, 0.25) is 0 Å². The van der Waals surface area contributed by atoms with E-state index in [2.05, 4.69) is 20.7 Å². The highest BCUT2D eigenvalue weighted by Crippen LogP contribution is 2.31. The highest BCUT2D eigenvalue weighted by atomic mass is 79.9. The zero-order chi connectivity index (χ0) is 11.8. The van der Waals surface area contributed by atoms with Crippen LogP contribution < -0.4 is 4.72 Å². The van der Waals surface area contributed by atoms with Crippen molar-refractivity contribution < 1.29 is 8.42 Å². The minimum atomic E-state index is -3.17. The second-order valence-corrected chi connectivity index (χ2v) is 6.91. The number of sulfonamides is 1. The first-order chi connectivity index (χ1) is 7.46. The predicted octanol–water partition coefficient (Wildman–Crippen LogP) is 2.91. The van der Waals surface area contributed by atoms with Crippen molar-refractivity contribution in [3.8, 4) is 0 Å². The summed E-state index contributed by atoms with van der Waals surface area (Å²) in [6, 6.07) is 5.44. The van der Waals surface area contributed by atoms with E-state index in [1.165, 1.54) is 0 Å². The molecule has 3 nitrogen and oxygen atoms in total. The lowest BCUT2D eigenvalue weighted by atomic mass is 10.2. The van der Waals surface area contributed by atoms with Gasteiger partial charge in [-0.3, -0.25) is 4.72 Å². The molecule has 88 valence electrons. The molecule has 5 heteroatoms. The van der Waals surface area contributed by atoms with Gasteiger partial charge in [0, 0.05) is 10.2 Å². The average Bonchev–Trinajstić information content (AvgIpc) is 2.94. The molecule has 1 N–H and O–H groups in total. The molecule has 0 heterocycles. The van der Waals surface area contributed by atoms with Gasteiger partial charge in [-0.1, -0.05) is 15.9 Å². The van der Waals surface area contributed by atoms with E-state index in [0.717, 1.165) is 22.9 Å². The third kappa shape index (κ3) is 3.22. The van der Waals surface area contributed by atoms with Crippen molar-refractivity contribution >= 4 is 31.6 Å². The first kappa shape index (κ1) is 11.9. The monoisotopic (exact) mass is 303 g/mol. The van der Waals surface area contributed by atoms with Crippen LogP contribution in [-0.4, -0.2) is 14.2 Å². The van der Waals surface area contributed by atoms with Gasteiger partial charge in [-0.2, -0.15) is 0 Å². The number of aryl methyl sites for hydroxylation is 1. The fourth-order valence-corrected chi connectivity index (χ4v) is 3.29. The van der Waals surface area contributed by atoms with Gasteiger partial charge >= 0.3 is 0 Å². The standard InChI is InChI=1S/C11H14BrNO2S/c1-8-6-10(4-5-11(8)12)13-16(14,15)7-9-2-3-9/h4-6,9,13H,2-3,7H2,1H3. The Bertz CT molecular complexity index is 495. The van der Waals surface area contributed by atoms with Crippen LogP contribution in [0.25, 0.3) is 0 Å². The van der Waals surface area contributed by atoms with E-state index in [0.29, 0.717) is 11.6 Å². The number of nitrogens with one attached hydrogen (secondary N) is 1. The molecule has 0 spiro atoms. The normalized spacial score (nSPS) is 16.1. The molecule has 1 fully saturated rings. The lowest BCUT2D eigenvalue weighted by Crippen LogP contribution is -2.17. The summed E-state index contributed by atoms with van der Waals surface area (Å²) in [5.41, 5.74) is 1.66. The summed E-state index contributed by atoms with van der Waals surface area (Å²) < 4.78 is 27.0. The third-order valence-corrected chi connectivity index (χ3v) is 4.93. The molecule has 0 amide bonds. The molecule has 16 heavy (non-hydrogen) atoms. The maximum Gasteiger partial charge on any atom is 0.232 e. The Hall–Kier alpha value is -0.550. The van der Waals surface area contributed by atoms with E-state index in [1.54, 1.807) is 6.07 Å². The maximum atomic E-state index is 11.7. The van der Waals surface area contributed by atoms with Crippen LogP contribution in [0.4, 0.5) is 5.69 Å². The summed E-state index contributed by atoms with van der Waals surface area (Å²) in [5, 5.41) is 0. The summed E-state index contributed by atoms with van der Waals surface area (Å²) >= 11 is 3.38. The van der Waals surface area contributed by atoms with E-state index in [4.69, 9.17) is 0 Å². The minimum Gasteiger partial charge on any atom is -0.284 e. The molecule has 1 aliphatic carbocycles. The van der Waals surface area contributed by atoms with Crippen molar-refractivity contribution in [1.82, 2.24) is 0 Å². The molecule has 0 atom stereocenters. The molecule has 1 aromatic carbocycles. The molecule has 1 aliphatic rings. The number of halogens is 1. The summed E-state index contributed by atoms with van der Waals surface area (Å²) in [6.45, 7) is 1.93. The van der Waals surface area contributed by atoms with E-state index in [1.807, 2.05) is 19.1 Å². The van der Waals surface area contributed by atoms with Crippen molar-refractivity contribution in [2.45, 2.75) is 19.8 Å². The first-order valence-corrected chi connectivity index (χ1v) is 7.67. The fraction of sp³-hybridized carbons (Fsp3) is 0.455. The summed E-state index contributed by atoms with van der Waals surface area (Å²) in [7, 11) is -3.17. The van der Waals surface area contributed by atoms with Gasteiger partial charge in [0.25, 0.3) is 0 Å². The van der Waals surface area contributed by atoms with Gasteiger partial charge in [0.1, 0.15) is 0 Å². The maximum absolute atomic E-state index is 11.7. The Morgan fingerprint density at radius 1 is 1.44 bits per heavy atom. The number of anilines is 1. The quantitative estimate of drug-likeness (QED) is 0.929. The van der Waals surface area contributed by atoms with E-state index in [9.17, 15) is 8.42 Å². The van der Waals surface area contributed by atoms with Crippen LogP contribution in [-0.2, 0) is 10.0 Å². The van der Waals surface area contributed by atoms with Crippen LogP contribution in [0.5, 0.6) is 0 Å². The summed E-state index contributed by atoms with van der Waals surface area (Å²) in [5.74, 6) is 0.622. The van der Waals surface area contributed by atoms with Crippen LogP contribution >= 0.6 is 15.9 Å². The highest BCUT2D eigenvalue weighted by Gasteiger charge is 2.27. The molecule has 2 rings (SSSR count). The second kappa shape index (κ2) is 4.37. The molecule has 1 saturated carbocycles. The molecule has 0 radical (unpaired) electrons. The van der Waals surface area contributed by atoms with Gasteiger partial charge in [0.05, 0.1) is 5.75 Å². The fourth-order valence-electron chi connectivity index (χ4n) is 1.52. The Kier molecular flexibility index (Phi) is 3.26. The molecule has 0 saturated heterocycles. The SMILES string of the molecule is Cc1cc(NS(=O)(=O)CC2CC2)ccc1Br. The van der Waals surface area contributed by atoms with E-state index in [-0.39, 0.29) is 5.75 Å². The lowest BCUT2D eigenvalue weighted by molar-refractivity contribution is 0.597. The topological polar surface area (TPSA) is 46.2 Å². The Morgan fingerprint density at radius 3 is 2.69 bits per heavy atom. The van der Waals surface area contributed by atoms with Crippen LogP contribution in [0, 0.1) is 12.8 Å². The smallest absolute Gasteiger partial charge is 0.232 e. The Morgan fingerprint density at radius 2 is 2.12 bits per heavy atom. The average molecular weight is 304 g/mol. The van der Waals surface area contributed by atoms with Gasteiger partial charge in [-0.05, 0) is 49.4 Å². The largest absolute Gasteiger partial charge is 0.284 e. The number of rotatable bonds is 4. The van der Waals surface area contributed by atoms with Gasteiger partial charge in [0.2, 0.25) is 10.0 Å². The Labute approximate surface area is 104 Å². The number of hydrogen-bond acceptors (Lipinski definition) is 2. The van der Waals surface area contributed by atoms with Crippen molar-refractivity contribution in [3.05, 3.63) is 28.2 Å². The third-order valence-electron chi connectivity index (χ3n) is 2.58. The first-order valence-electron chi connectivity index (χ1n) is 5.23. The van der Waals surface area contributed by atoms with E-state index >= 15 is 0 Å². The summed E-state index contributed by atoms with van der Waals surface area (Å²) in [6.07, 6.45) is 2.08. The zero-order valence-electron chi connectivity index (χ0n) is 9.03. The van der Waals surface area contributed by atoms with Gasteiger partial charge in [-0.15, -0.1) is 0 Å². The van der Waals surface area contributed by atoms with Crippen LogP contribution in [0.1, 0.15) is 18.4 Å². The van der Waals surface area contributed by atoms with Crippen LogP contribution in [0.3, 0.4) is 0 Å². The Balaban J connectivity index is 2.10. The summed E-state index contributed by atoms with van der Waals surface area (Å²) in [4.78, 5) is 0. The number of benzene rings is 1. The van der Waals surface area contributed by atoms with Gasteiger partial charge in [-0.25, -0.2) is 8.42 Å². The molecule has 0 bridgehead atoms. The number of hydrogen-bond donors (Lipinski definition) is 1. The molecule has 0 aromatic heterocycles. The molecular formula is C11H14BrNO2S. The minimum absolute atomic E-state index is 0.252. The van der Waals surface area contributed by atoms with Crippen molar-refractivity contribution in [2.24, 2.45) is 5.92 Å². The molecule has 1 aromatic rings. The van der Waals surface area contributed by atoms with E-state index < -0.39 is 10.0 Å². The predicted molar refractivity (Wildman–Crippen MR) is 69.0 cm³/mol. The molecular weight excluding hydrogens is 290 g/mol. The zero-order valence-corrected chi connectivity index (χ0v) is 11.4. The van der Waals surface area contributed by atoms with Crippen molar-refractivity contribution in [1.29, 1.82) is 0 Å². The van der Waals surface area contributed by atoms with Crippen LogP contribution in [0.15, 0.2) is 22.7 Å². The molecule has 0 aliphatic heterocycles.